The fraction of sp³-hybridized carbons (Fsp3) is 0.357. The van der Waals surface area contributed by atoms with Gasteiger partial charge in [-0.05, 0) is 25.0 Å². The Labute approximate surface area is 112 Å². The number of methoxy groups -OCH3 is 1. The summed E-state index contributed by atoms with van der Waals surface area (Å²) in [6.07, 6.45) is 0.926. The summed E-state index contributed by atoms with van der Waals surface area (Å²) in [4.78, 5) is 4.45. The molecular weight excluding hydrogens is 244 g/mol. The Morgan fingerprint density at radius 1 is 1.33 bits per heavy atom. The normalized spacial score (nSPS) is 10.6. The number of benzene rings is 1. The largest absolute Gasteiger partial charge is 0.384 e. The third-order valence-corrected chi connectivity index (χ3v) is 3.54. The van der Waals surface area contributed by atoms with Crippen molar-refractivity contribution in [2.24, 2.45) is 0 Å². The van der Waals surface area contributed by atoms with Gasteiger partial charge in [0.1, 0.15) is 0 Å². The molecule has 0 radical (unpaired) electrons. The third-order valence-electron chi connectivity index (χ3n) is 2.72. The van der Waals surface area contributed by atoms with E-state index in [4.69, 9.17) is 4.74 Å². The van der Waals surface area contributed by atoms with E-state index < -0.39 is 0 Å². The number of aromatic nitrogens is 1. The van der Waals surface area contributed by atoms with E-state index in [-0.39, 0.29) is 0 Å². The smallest absolute Gasteiger partial charge is 0.0898 e. The first-order chi connectivity index (χ1) is 8.79. The van der Waals surface area contributed by atoms with E-state index in [1.54, 1.807) is 18.4 Å². The summed E-state index contributed by atoms with van der Waals surface area (Å²) in [7, 11) is 1.73. The Hall–Kier alpha value is -1.39. The topological polar surface area (TPSA) is 34.1 Å². The highest BCUT2D eigenvalue weighted by atomic mass is 32.1. The molecular formula is C14H18N2OS. The van der Waals surface area contributed by atoms with Gasteiger partial charge in [-0.25, -0.2) is 4.98 Å². The van der Waals surface area contributed by atoms with Crippen LogP contribution >= 0.6 is 11.3 Å². The summed E-state index contributed by atoms with van der Waals surface area (Å²) < 4.78 is 5.13. The minimum absolute atomic E-state index is 0.745. The number of thiazole rings is 1. The van der Waals surface area contributed by atoms with Crippen LogP contribution in [0.25, 0.3) is 0 Å². The summed E-state index contributed by atoms with van der Waals surface area (Å²) in [6.45, 7) is 3.55. The second-order valence-corrected chi connectivity index (χ2v) is 5.17. The van der Waals surface area contributed by atoms with Crippen molar-refractivity contribution in [2.75, 3.05) is 19.0 Å². The van der Waals surface area contributed by atoms with Crippen LogP contribution in [0.4, 0.5) is 5.69 Å². The van der Waals surface area contributed by atoms with E-state index in [0.717, 1.165) is 30.3 Å². The van der Waals surface area contributed by atoms with Crippen LogP contribution in [0.1, 0.15) is 16.3 Å². The molecule has 18 heavy (non-hydrogen) atoms. The van der Waals surface area contributed by atoms with Crippen molar-refractivity contribution in [3.63, 3.8) is 0 Å². The molecule has 0 spiro atoms. The zero-order valence-electron chi connectivity index (χ0n) is 10.8. The Bertz CT molecular complexity index is 496. The molecule has 1 aromatic heterocycles. The summed E-state index contributed by atoms with van der Waals surface area (Å²) in [5.74, 6) is 0. The Balaban J connectivity index is 1.99. The minimum atomic E-state index is 0.745. The monoisotopic (exact) mass is 262 g/mol. The van der Waals surface area contributed by atoms with Crippen LogP contribution in [0.2, 0.25) is 0 Å². The van der Waals surface area contributed by atoms with Crippen LogP contribution in [-0.4, -0.2) is 18.7 Å². The lowest BCUT2D eigenvalue weighted by Crippen LogP contribution is -2.04. The summed E-state index contributed by atoms with van der Waals surface area (Å²) in [5.41, 5.74) is 3.55. The molecule has 0 aliphatic heterocycles. The Morgan fingerprint density at radius 3 is 2.89 bits per heavy atom. The van der Waals surface area contributed by atoms with Gasteiger partial charge in [0, 0.05) is 18.2 Å². The maximum atomic E-state index is 5.13. The molecule has 0 unspecified atom stereocenters. The van der Waals surface area contributed by atoms with Gasteiger partial charge in [-0.1, -0.05) is 18.2 Å². The van der Waals surface area contributed by atoms with Gasteiger partial charge in [0.05, 0.1) is 23.9 Å². The van der Waals surface area contributed by atoms with Crippen molar-refractivity contribution >= 4 is 17.0 Å². The molecule has 2 rings (SSSR count). The van der Waals surface area contributed by atoms with Gasteiger partial charge in [0.15, 0.2) is 0 Å². The van der Waals surface area contributed by atoms with Gasteiger partial charge in [-0.15, -0.1) is 11.3 Å². The fourth-order valence-electron chi connectivity index (χ4n) is 1.80. The molecule has 0 aliphatic rings. The maximum Gasteiger partial charge on any atom is 0.0898 e. The highest BCUT2D eigenvalue weighted by Gasteiger charge is 2.03. The molecule has 0 saturated heterocycles. The van der Waals surface area contributed by atoms with Crippen LogP contribution in [0.3, 0.4) is 0 Å². The quantitative estimate of drug-likeness (QED) is 0.867. The van der Waals surface area contributed by atoms with Gasteiger partial charge >= 0.3 is 0 Å². The molecule has 0 bridgehead atoms. The lowest BCUT2D eigenvalue weighted by molar-refractivity contribution is 0.202. The molecule has 3 nitrogen and oxygen atoms in total. The van der Waals surface area contributed by atoms with Crippen molar-refractivity contribution < 1.29 is 4.74 Å². The number of nitrogens with one attached hydrogen (secondary N) is 1. The van der Waals surface area contributed by atoms with E-state index >= 15 is 0 Å². The number of rotatable bonds is 6. The van der Waals surface area contributed by atoms with E-state index in [9.17, 15) is 0 Å². The Kier molecular flexibility index (Phi) is 4.73. The van der Waals surface area contributed by atoms with Crippen molar-refractivity contribution in [3.05, 3.63) is 45.9 Å². The van der Waals surface area contributed by atoms with Gasteiger partial charge < -0.3 is 10.1 Å². The Morgan fingerprint density at radius 2 is 2.17 bits per heavy atom. The third kappa shape index (κ3) is 3.55. The lowest BCUT2D eigenvalue weighted by Gasteiger charge is -2.10. The number of nitrogens with zero attached hydrogens (tertiary/aromatic N) is 1. The molecule has 4 heteroatoms. The zero-order chi connectivity index (χ0) is 12.8. The van der Waals surface area contributed by atoms with Crippen LogP contribution in [0.15, 0.2) is 29.6 Å². The van der Waals surface area contributed by atoms with E-state index in [1.165, 1.54) is 11.3 Å². The average molecular weight is 262 g/mol. The van der Waals surface area contributed by atoms with Crippen molar-refractivity contribution in [2.45, 2.75) is 19.9 Å². The van der Waals surface area contributed by atoms with Crippen molar-refractivity contribution in [1.82, 2.24) is 4.98 Å². The molecule has 1 aromatic carbocycles. The highest BCUT2D eigenvalue weighted by Crippen LogP contribution is 2.17. The first-order valence-corrected chi connectivity index (χ1v) is 6.89. The maximum absolute atomic E-state index is 5.13. The number of hydrogen-bond donors (Lipinski definition) is 1. The molecule has 1 N–H and O–H groups in total. The molecule has 1 heterocycles. The first-order valence-electron chi connectivity index (χ1n) is 6.01. The number of hydrogen-bond acceptors (Lipinski definition) is 4. The number of anilines is 1. The molecule has 0 aliphatic carbocycles. The molecule has 2 aromatic rings. The van der Waals surface area contributed by atoms with Crippen LogP contribution < -0.4 is 5.32 Å². The van der Waals surface area contributed by atoms with Crippen molar-refractivity contribution in [3.8, 4) is 0 Å². The fourth-order valence-corrected chi connectivity index (χ4v) is 2.41. The highest BCUT2D eigenvalue weighted by molar-refractivity contribution is 7.09. The van der Waals surface area contributed by atoms with Crippen LogP contribution in [-0.2, 0) is 17.7 Å². The average Bonchev–Trinajstić information content (AvgIpc) is 2.81. The first kappa shape index (κ1) is 13.1. The summed E-state index contributed by atoms with van der Waals surface area (Å²) in [5, 5.41) is 6.65. The standard InChI is InChI=1S/C14H18N2OS/c1-11-16-13(10-18-11)9-15-14-6-4-3-5-12(14)7-8-17-2/h3-6,10,15H,7-9H2,1-2H3. The van der Waals surface area contributed by atoms with Gasteiger partial charge in [0.2, 0.25) is 0 Å². The predicted octanol–water partition coefficient (Wildman–Crippen LogP) is 3.25. The lowest BCUT2D eigenvalue weighted by atomic mass is 10.1. The van der Waals surface area contributed by atoms with Crippen molar-refractivity contribution in [1.29, 1.82) is 0 Å². The molecule has 0 amide bonds. The second-order valence-electron chi connectivity index (χ2n) is 4.11. The number of ether oxygens (including phenoxy) is 1. The number of para-hydroxylation sites is 1. The molecule has 0 saturated carbocycles. The molecule has 96 valence electrons. The predicted molar refractivity (Wildman–Crippen MR) is 76.2 cm³/mol. The molecule has 0 fully saturated rings. The van der Waals surface area contributed by atoms with Gasteiger partial charge in [-0.2, -0.15) is 0 Å². The zero-order valence-corrected chi connectivity index (χ0v) is 11.6. The summed E-state index contributed by atoms with van der Waals surface area (Å²) >= 11 is 1.69. The van der Waals surface area contributed by atoms with E-state index in [1.807, 2.05) is 13.0 Å². The number of aryl methyl sites for hydroxylation is 1. The van der Waals surface area contributed by atoms with E-state index in [2.05, 4.69) is 33.9 Å². The van der Waals surface area contributed by atoms with Crippen LogP contribution in [0.5, 0.6) is 0 Å². The molecule has 0 atom stereocenters. The van der Waals surface area contributed by atoms with E-state index in [0.29, 0.717) is 0 Å². The second kappa shape index (κ2) is 6.52. The SMILES string of the molecule is COCCc1ccccc1NCc1csc(C)n1. The van der Waals surface area contributed by atoms with Gasteiger partial charge in [0.25, 0.3) is 0 Å². The van der Waals surface area contributed by atoms with Gasteiger partial charge in [-0.3, -0.25) is 0 Å². The summed E-state index contributed by atoms with van der Waals surface area (Å²) in [6, 6.07) is 8.34. The van der Waals surface area contributed by atoms with Crippen LogP contribution in [0, 0.1) is 6.92 Å². The minimum Gasteiger partial charge on any atom is -0.384 e.